The second kappa shape index (κ2) is 5.87. The standard InChI is InChI=1S/C16H12ClN3OS/c17-11-7-5-10(6-8-11)14(21)9-20-15(18)12-3-1-2-4-13(12)19-16(20)22/h1-8H,9,18H2. The Kier molecular flexibility index (Phi) is 3.92. The molecule has 0 atom stereocenters. The molecule has 1 aromatic heterocycles. The molecule has 3 aromatic rings. The first kappa shape index (κ1) is 14.7. The van der Waals surface area contributed by atoms with E-state index in [2.05, 4.69) is 4.98 Å². The second-order valence-electron chi connectivity index (χ2n) is 4.81. The maximum Gasteiger partial charge on any atom is 0.202 e. The Morgan fingerprint density at radius 3 is 2.59 bits per heavy atom. The van der Waals surface area contributed by atoms with E-state index in [1.807, 2.05) is 24.3 Å². The van der Waals surface area contributed by atoms with Gasteiger partial charge in [0.2, 0.25) is 4.77 Å². The monoisotopic (exact) mass is 329 g/mol. The van der Waals surface area contributed by atoms with Crippen LogP contribution >= 0.6 is 23.8 Å². The van der Waals surface area contributed by atoms with Crippen LogP contribution in [-0.2, 0) is 6.54 Å². The fraction of sp³-hybridized carbons (Fsp3) is 0.0625. The number of ketones is 1. The van der Waals surface area contributed by atoms with Gasteiger partial charge in [0, 0.05) is 16.0 Å². The van der Waals surface area contributed by atoms with E-state index >= 15 is 0 Å². The van der Waals surface area contributed by atoms with E-state index in [0.29, 0.717) is 21.2 Å². The van der Waals surface area contributed by atoms with Crippen LogP contribution in [0.3, 0.4) is 0 Å². The summed E-state index contributed by atoms with van der Waals surface area (Å²) in [5, 5.41) is 1.36. The van der Waals surface area contributed by atoms with Gasteiger partial charge in [0.05, 0.1) is 12.1 Å². The number of benzene rings is 2. The number of hydrogen-bond donors (Lipinski definition) is 1. The number of fused-ring (bicyclic) bond motifs is 1. The van der Waals surface area contributed by atoms with Gasteiger partial charge in [0.1, 0.15) is 5.82 Å². The molecule has 0 bridgehead atoms. The number of hydrogen-bond acceptors (Lipinski definition) is 4. The van der Waals surface area contributed by atoms with Gasteiger partial charge in [-0.3, -0.25) is 9.36 Å². The summed E-state index contributed by atoms with van der Waals surface area (Å²) in [6, 6.07) is 14.1. The molecule has 0 spiro atoms. The van der Waals surface area contributed by atoms with E-state index in [0.717, 1.165) is 10.9 Å². The van der Waals surface area contributed by atoms with Gasteiger partial charge in [0.15, 0.2) is 5.78 Å². The Morgan fingerprint density at radius 2 is 1.86 bits per heavy atom. The third-order valence-electron chi connectivity index (χ3n) is 3.39. The van der Waals surface area contributed by atoms with Gasteiger partial charge in [-0.15, -0.1) is 0 Å². The number of rotatable bonds is 3. The van der Waals surface area contributed by atoms with E-state index in [-0.39, 0.29) is 12.3 Å². The van der Waals surface area contributed by atoms with Crippen LogP contribution in [0.15, 0.2) is 48.5 Å². The van der Waals surface area contributed by atoms with Gasteiger partial charge in [-0.1, -0.05) is 23.7 Å². The quantitative estimate of drug-likeness (QED) is 0.585. The first-order chi connectivity index (χ1) is 10.6. The fourth-order valence-electron chi connectivity index (χ4n) is 2.22. The number of Topliss-reactive ketones (excluding diaryl/α,β-unsaturated/α-hetero) is 1. The highest BCUT2D eigenvalue weighted by Gasteiger charge is 2.11. The number of para-hydroxylation sites is 1. The number of nitrogens with two attached hydrogens (primary N) is 1. The molecule has 22 heavy (non-hydrogen) atoms. The summed E-state index contributed by atoms with van der Waals surface area (Å²) in [5.74, 6) is 0.342. The van der Waals surface area contributed by atoms with Crippen molar-refractivity contribution in [2.75, 3.05) is 5.73 Å². The Balaban J connectivity index is 2.02. The van der Waals surface area contributed by atoms with Gasteiger partial charge in [-0.25, -0.2) is 4.98 Å². The summed E-state index contributed by atoms with van der Waals surface area (Å²) in [4.78, 5) is 16.7. The van der Waals surface area contributed by atoms with E-state index in [9.17, 15) is 4.79 Å². The van der Waals surface area contributed by atoms with Crippen LogP contribution in [0.1, 0.15) is 10.4 Å². The van der Waals surface area contributed by atoms with Crippen molar-refractivity contribution in [2.24, 2.45) is 0 Å². The van der Waals surface area contributed by atoms with Crippen LogP contribution in [0.4, 0.5) is 5.82 Å². The lowest BCUT2D eigenvalue weighted by Gasteiger charge is -2.12. The normalized spacial score (nSPS) is 10.8. The maximum absolute atomic E-state index is 12.4. The van der Waals surface area contributed by atoms with Crippen molar-refractivity contribution < 1.29 is 4.79 Å². The zero-order chi connectivity index (χ0) is 15.7. The minimum absolute atomic E-state index is 0.0458. The summed E-state index contributed by atoms with van der Waals surface area (Å²) < 4.78 is 1.84. The van der Waals surface area contributed by atoms with Crippen LogP contribution in [0.2, 0.25) is 5.02 Å². The van der Waals surface area contributed by atoms with E-state index in [4.69, 9.17) is 29.6 Å². The first-order valence-corrected chi connectivity index (χ1v) is 7.39. The predicted molar refractivity (Wildman–Crippen MR) is 90.8 cm³/mol. The minimum Gasteiger partial charge on any atom is -0.384 e. The van der Waals surface area contributed by atoms with Crippen molar-refractivity contribution in [3.05, 3.63) is 63.9 Å². The number of anilines is 1. The molecule has 3 rings (SSSR count). The highest BCUT2D eigenvalue weighted by Crippen LogP contribution is 2.20. The Labute approximate surface area is 137 Å². The number of aromatic nitrogens is 2. The van der Waals surface area contributed by atoms with Crippen molar-refractivity contribution in [3.8, 4) is 0 Å². The van der Waals surface area contributed by atoms with Gasteiger partial charge in [0.25, 0.3) is 0 Å². The molecular formula is C16H12ClN3OS. The molecule has 1 heterocycles. The zero-order valence-corrected chi connectivity index (χ0v) is 13.1. The second-order valence-corrected chi connectivity index (χ2v) is 5.61. The molecule has 110 valence electrons. The first-order valence-electron chi connectivity index (χ1n) is 6.60. The highest BCUT2D eigenvalue weighted by atomic mass is 35.5. The molecular weight excluding hydrogens is 318 g/mol. The zero-order valence-electron chi connectivity index (χ0n) is 11.5. The maximum atomic E-state index is 12.4. The Hall–Kier alpha value is -2.24. The number of carbonyl (C=O) groups excluding carboxylic acids is 1. The summed E-state index contributed by atoms with van der Waals surface area (Å²) >= 11 is 11.1. The SMILES string of the molecule is Nc1c2ccccc2nc(=S)n1CC(=O)c1ccc(Cl)cc1. The minimum atomic E-state index is -0.100. The average molecular weight is 330 g/mol. The molecule has 2 N–H and O–H groups in total. The van der Waals surface area contributed by atoms with Gasteiger partial charge in [-0.05, 0) is 48.6 Å². The predicted octanol–water partition coefficient (Wildman–Crippen LogP) is 3.88. The molecule has 0 aliphatic carbocycles. The van der Waals surface area contributed by atoms with Crippen LogP contribution in [0.25, 0.3) is 10.9 Å². The van der Waals surface area contributed by atoms with E-state index in [1.165, 1.54) is 0 Å². The Bertz CT molecular complexity index is 919. The number of carbonyl (C=O) groups is 1. The van der Waals surface area contributed by atoms with Gasteiger partial charge in [-0.2, -0.15) is 0 Å². The lowest BCUT2D eigenvalue weighted by molar-refractivity contribution is 0.0972. The lowest BCUT2D eigenvalue weighted by Crippen LogP contribution is -2.16. The third kappa shape index (κ3) is 2.73. The van der Waals surface area contributed by atoms with Crippen molar-refractivity contribution in [1.82, 2.24) is 9.55 Å². The van der Waals surface area contributed by atoms with Crippen molar-refractivity contribution in [1.29, 1.82) is 0 Å². The molecule has 0 unspecified atom stereocenters. The van der Waals surface area contributed by atoms with E-state index < -0.39 is 0 Å². The molecule has 0 fully saturated rings. The number of nitrogen functional groups attached to an aromatic ring is 1. The summed E-state index contributed by atoms with van der Waals surface area (Å²) in [6.07, 6.45) is 0. The smallest absolute Gasteiger partial charge is 0.202 e. The molecule has 0 amide bonds. The summed E-state index contributed by atoms with van der Waals surface area (Å²) in [5.41, 5.74) is 7.43. The number of nitrogens with zero attached hydrogens (tertiary/aromatic N) is 2. The summed E-state index contributed by atoms with van der Waals surface area (Å²) in [7, 11) is 0. The van der Waals surface area contributed by atoms with E-state index in [1.54, 1.807) is 28.8 Å². The van der Waals surface area contributed by atoms with Crippen molar-refractivity contribution in [3.63, 3.8) is 0 Å². The average Bonchev–Trinajstić information content (AvgIpc) is 2.52. The molecule has 2 aromatic carbocycles. The molecule has 0 saturated carbocycles. The molecule has 0 radical (unpaired) electrons. The van der Waals surface area contributed by atoms with Crippen LogP contribution < -0.4 is 5.73 Å². The Morgan fingerprint density at radius 1 is 1.18 bits per heavy atom. The summed E-state index contributed by atoms with van der Waals surface area (Å²) in [6.45, 7) is 0.0458. The van der Waals surface area contributed by atoms with Crippen LogP contribution in [0, 0.1) is 4.77 Å². The highest BCUT2D eigenvalue weighted by molar-refractivity contribution is 7.71. The van der Waals surface area contributed by atoms with Gasteiger partial charge < -0.3 is 5.73 Å². The fourth-order valence-corrected chi connectivity index (χ4v) is 2.61. The number of halogens is 1. The van der Waals surface area contributed by atoms with Crippen molar-refractivity contribution in [2.45, 2.75) is 6.54 Å². The van der Waals surface area contributed by atoms with Crippen molar-refractivity contribution >= 4 is 46.3 Å². The lowest BCUT2D eigenvalue weighted by atomic mass is 10.1. The molecule has 0 aliphatic heterocycles. The molecule has 0 saturated heterocycles. The molecule has 0 aliphatic rings. The largest absolute Gasteiger partial charge is 0.384 e. The van der Waals surface area contributed by atoms with Gasteiger partial charge >= 0.3 is 0 Å². The molecule has 6 heteroatoms. The van der Waals surface area contributed by atoms with Crippen LogP contribution in [0.5, 0.6) is 0 Å². The third-order valence-corrected chi connectivity index (χ3v) is 3.95. The van der Waals surface area contributed by atoms with Crippen LogP contribution in [-0.4, -0.2) is 15.3 Å². The molecule has 4 nitrogen and oxygen atoms in total. The topological polar surface area (TPSA) is 60.9 Å².